The van der Waals surface area contributed by atoms with Gasteiger partial charge in [-0.25, -0.2) is 4.79 Å². The van der Waals surface area contributed by atoms with Crippen molar-refractivity contribution in [2.45, 2.75) is 12.3 Å². The van der Waals surface area contributed by atoms with Crippen molar-refractivity contribution in [3.8, 4) is 5.75 Å². The maximum Gasteiger partial charge on any atom is 0.316 e. The topological polar surface area (TPSA) is 81.4 Å². The number of nitrogens with one attached hydrogen (secondary N) is 1. The van der Waals surface area contributed by atoms with Crippen LogP contribution in [0.1, 0.15) is 17.9 Å². The van der Waals surface area contributed by atoms with E-state index in [4.69, 9.17) is 10.5 Å². The van der Waals surface area contributed by atoms with Gasteiger partial charge in [-0.2, -0.15) is 0 Å². The molecule has 2 rings (SSSR count). The van der Waals surface area contributed by atoms with Crippen molar-refractivity contribution in [1.29, 1.82) is 0 Å². The molecule has 0 radical (unpaired) electrons. The van der Waals surface area contributed by atoms with Gasteiger partial charge in [-0.05, 0) is 18.2 Å². The maximum atomic E-state index is 10.7. The number of fused-ring (bicyclic) bond motifs is 1. The molecule has 1 aliphatic rings. The summed E-state index contributed by atoms with van der Waals surface area (Å²) in [5.41, 5.74) is 6.59. The van der Waals surface area contributed by atoms with Crippen molar-refractivity contribution in [1.82, 2.24) is 0 Å². The summed E-state index contributed by atoms with van der Waals surface area (Å²) in [6, 6.07) is 4.67. The van der Waals surface area contributed by atoms with Crippen molar-refractivity contribution < 1.29 is 14.3 Å². The summed E-state index contributed by atoms with van der Waals surface area (Å²) < 4.78 is 5.42. The van der Waals surface area contributed by atoms with E-state index in [1.165, 1.54) is 0 Å². The summed E-state index contributed by atoms with van der Waals surface area (Å²) in [5, 5.41) is 2.49. The molecule has 1 aliphatic heterocycles. The number of hydrogen-bond donors (Lipinski definition) is 2. The smallest absolute Gasteiger partial charge is 0.316 e. The number of ether oxygens (including phenoxy) is 1. The molecule has 5 heteroatoms. The molecule has 1 aromatic rings. The molecule has 1 heterocycles. The number of aldehydes is 1. The minimum atomic E-state index is -0.606. The quantitative estimate of drug-likeness (QED) is 0.752. The van der Waals surface area contributed by atoms with Crippen molar-refractivity contribution in [2.75, 3.05) is 11.9 Å². The molecule has 0 fully saturated rings. The zero-order valence-corrected chi connectivity index (χ0v) is 8.60. The summed E-state index contributed by atoms with van der Waals surface area (Å²) in [6.45, 7) is 0.508. The number of urea groups is 1. The standard InChI is InChI=1S/C11H12N2O3/c12-11(15)13-8-1-2-10-9(5-8)7(3-4-14)6-16-10/h1-2,4-5,7H,3,6H2,(H3,12,13,15). The van der Waals surface area contributed by atoms with E-state index in [1.807, 2.05) is 0 Å². The average molecular weight is 220 g/mol. The number of carbonyl (C=O) groups is 2. The number of amides is 2. The third kappa shape index (κ3) is 1.98. The molecule has 84 valence electrons. The Kier molecular flexibility index (Phi) is 2.76. The van der Waals surface area contributed by atoms with Crippen LogP contribution in [-0.2, 0) is 4.79 Å². The third-order valence-electron chi connectivity index (χ3n) is 2.54. The first kappa shape index (κ1) is 10.5. The Bertz CT molecular complexity index is 431. The van der Waals surface area contributed by atoms with Crippen LogP contribution in [0.4, 0.5) is 10.5 Å². The van der Waals surface area contributed by atoms with E-state index in [-0.39, 0.29) is 5.92 Å². The monoisotopic (exact) mass is 220 g/mol. The van der Waals surface area contributed by atoms with Crippen LogP contribution in [0.3, 0.4) is 0 Å². The fourth-order valence-electron chi connectivity index (χ4n) is 1.81. The molecule has 0 bridgehead atoms. The predicted molar refractivity (Wildman–Crippen MR) is 58.6 cm³/mol. The lowest BCUT2D eigenvalue weighted by atomic mass is 9.98. The molecule has 0 aliphatic carbocycles. The minimum Gasteiger partial charge on any atom is -0.493 e. The second-order valence-corrected chi connectivity index (χ2v) is 3.65. The van der Waals surface area contributed by atoms with E-state index < -0.39 is 6.03 Å². The van der Waals surface area contributed by atoms with Crippen LogP contribution < -0.4 is 15.8 Å². The van der Waals surface area contributed by atoms with Crippen molar-refractivity contribution in [3.05, 3.63) is 23.8 Å². The molecule has 0 saturated heterocycles. The second-order valence-electron chi connectivity index (χ2n) is 3.65. The van der Waals surface area contributed by atoms with Gasteiger partial charge in [0.05, 0.1) is 6.61 Å². The highest BCUT2D eigenvalue weighted by Crippen LogP contribution is 2.37. The molecule has 0 spiro atoms. The Balaban J connectivity index is 2.26. The van der Waals surface area contributed by atoms with Crippen LogP contribution in [0.2, 0.25) is 0 Å². The van der Waals surface area contributed by atoms with Gasteiger partial charge in [-0.3, -0.25) is 0 Å². The van der Waals surface area contributed by atoms with Gasteiger partial charge in [0.1, 0.15) is 12.0 Å². The number of anilines is 1. The predicted octanol–water partition coefficient (Wildman–Crippen LogP) is 1.24. The Labute approximate surface area is 92.6 Å². The first-order valence-electron chi connectivity index (χ1n) is 4.97. The number of primary amides is 1. The average Bonchev–Trinajstić information content (AvgIpc) is 2.61. The van der Waals surface area contributed by atoms with Crippen LogP contribution in [0.15, 0.2) is 18.2 Å². The first-order valence-corrected chi connectivity index (χ1v) is 4.97. The molecular weight excluding hydrogens is 208 g/mol. The molecule has 0 saturated carbocycles. The van der Waals surface area contributed by atoms with E-state index in [0.717, 1.165) is 17.6 Å². The van der Waals surface area contributed by atoms with Gasteiger partial charge in [-0.15, -0.1) is 0 Å². The maximum absolute atomic E-state index is 10.7. The molecule has 0 aromatic heterocycles. The Morgan fingerprint density at radius 1 is 1.62 bits per heavy atom. The summed E-state index contributed by atoms with van der Waals surface area (Å²) in [4.78, 5) is 21.2. The highest BCUT2D eigenvalue weighted by Gasteiger charge is 2.24. The fourth-order valence-corrected chi connectivity index (χ4v) is 1.81. The molecule has 1 atom stereocenters. The van der Waals surface area contributed by atoms with Crippen LogP contribution in [-0.4, -0.2) is 18.9 Å². The van der Waals surface area contributed by atoms with Crippen LogP contribution in [0, 0.1) is 0 Å². The molecule has 1 unspecified atom stereocenters. The lowest BCUT2D eigenvalue weighted by Crippen LogP contribution is -2.19. The zero-order chi connectivity index (χ0) is 11.5. The van der Waals surface area contributed by atoms with Crippen LogP contribution in [0.25, 0.3) is 0 Å². The molecule has 16 heavy (non-hydrogen) atoms. The highest BCUT2D eigenvalue weighted by atomic mass is 16.5. The largest absolute Gasteiger partial charge is 0.493 e. The van der Waals surface area contributed by atoms with Crippen LogP contribution in [0.5, 0.6) is 5.75 Å². The van der Waals surface area contributed by atoms with Crippen molar-refractivity contribution in [3.63, 3.8) is 0 Å². The van der Waals surface area contributed by atoms with E-state index in [1.54, 1.807) is 18.2 Å². The number of hydrogen-bond acceptors (Lipinski definition) is 3. The third-order valence-corrected chi connectivity index (χ3v) is 2.54. The number of nitrogens with two attached hydrogens (primary N) is 1. The highest BCUT2D eigenvalue weighted by molar-refractivity contribution is 5.88. The molecule has 3 N–H and O–H groups in total. The van der Waals surface area contributed by atoms with E-state index in [2.05, 4.69) is 5.32 Å². The first-order chi connectivity index (χ1) is 7.70. The summed E-state index contributed by atoms with van der Waals surface area (Å²) in [7, 11) is 0. The Hall–Kier alpha value is -2.04. The normalized spacial score (nSPS) is 17.4. The van der Waals surface area contributed by atoms with Gasteiger partial charge in [0.25, 0.3) is 0 Å². The zero-order valence-electron chi connectivity index (χ0n) is 8.60. The fraction of sp³-hybridized carbons (Fsp3) is 0.273. The van der Waals surface area contributed by atoms with Gasteiger partial charge in [0, 0.05) is 23.6 Å². The van der Waals surface area contributed by atoms with Gasteiger partial charge in [-0.1, -0.05) is 0 Å². The van der Waals surface area contributed by atoms with Gasteiger partial charge >= 0.3 is 6.03 Å². The number of rotatable bonds is 3. The Morgan fingerprint density at radius 3 is 3.12 bits per heavy atom. The van der Waals surface area contributed by atoms with Crippen LogP contribution >= 0.6 is 0 Å². The Morgan fingerprint density at radius 2 is 2.44 bits per heavy atom. The van der Waals surface area contributed by atoms with E-state index in [0.29, 0.717) is 18.7 Å². The lowest BCUT2D eigenvalue weighted by molar-refractivity contribution is -0.108. The molecule has 5 nitrogen and oxygen atoms in total. The second kappa shape index (κ2) is 4.22. The summed E-state index contributed by atoms with van der Waals surface area (Å²) >= 11 is 0. The van der Waals surface area contributed by atoms with Gasteiger partial charge < -0.3 is 20.6 Å². The number of carbonyl (C=O) groups excluding carboxylic acids is 2. The lowest BCUT2D eigenvalue weighted by Gasteiger charge is -2.06. The van der Waals surface area contributed by atoms with E-state index >= 15 is 0 Å². The molecule has 1 aromatic carbocycles. The summed E-state index contributed by atoms with van der Waals surface area (Å²) in [6.07, 6.45) is 1.30. The van der Waals surface area contributed by atoms with Gasteiger partial charge in [0.2, 0.25) is 0 Å². The van der Waals surface area contributed by atoms with Gasteiger partial charge in [0.15, 0.2) is 0 Å². The number of benzene rings is 1. The van der Waals surface area contributed by atoms with Crippen molar-refractivity contribution >= 4 is 18.0 Å². The summed E-state index contributed by atoms with van der Waals surface area (Å²) in [5.74, 6) is 0.837. The molecule has 2 amide bonds. The van der Waals surface area contributed by atoms with Crippen molar-refractivity contribution in [2.24, 2.45) is 5.73 Å². The van der Waals surface area contributed by atoms with E-state index in [9.17, 15) is 9.59 Å². The SMILES string of the molecule is NC(=O)Nc1ccc2c(c1)C(CC=O)CO2. The minimum absolute atomic E-state index is 0.0714. The molecular formula is C11H12N2O3.